The minimum Gasteiger partial charge on any atom is -0.0655 e. The second kappa shape index (κ2) is 14.3. The molecule has 2 aliphatic carbocycles. The number of fused-ring (bicyclic) bond motifs is 2. The molecule has 0 nitrogen and oxygen atoms in total. The van der Waals surface area contributed by atoms with Gasteiger partial charge in [-0.05, 0) is 105 Å². The van der Waals surface area contributed by atoms with Crippen molar-refractivity contribution in [3.63, 3.8) is 0 Å². The summed E-state index contributed by atoms with van der Waals surface area (Å²) in [6.45, 7) is 9.33. The van der Waals surface area contributed by atoms with Gasteiger partial charge in [-0.25, -0.2) is 0 Å². The van der Waals surface area contributed by atoms with Crippen molar-refractivity contribution in [2.75, 3.05) is 0 Å². The van der Waals surface area contributed by atoms with Gasteiger partial charge in [0.05, 0.1) is 0 Å². The second-order valence-corrected chi connectivity index (χ2v) is 16.4. The molecule has 0 bridgehead atoms. The highest BCUT2D eigenvalue weighted by molar-refractivity contribution is 6.36. The van der Waals surface area contributed by atoms with Gasteiger partial charge in [-0.2, -0.15) is 0 Å². The van der Waals surface area contributed by atoms with Crippen LogP contribution in [-0.2, 0) is 12.8 Å². The highest BCUT2D eigenvalue weighted by Gasteiger charge is 2.30. The van der Waals surface area contributed by atoms with Crippen molar-refractivity contribution in [2.45, 2.75) is 64.5 Å². The molecule has 0 aliphatic heterocycles. The van der Waals surface area contributed by atoms with Gasteiger partial charge in [-0.1, -0.05) is 183 Å². The lowest BCUT2D eigenvalue weighted by Crippen LogP contribution is -2.07. The van der Waals surface area contributed by atoms with Crippen molar-refractivity contribution >= 4 is 21.7 Å². The van der Waals surface area contributed by atoms with E-state index in [4.69, 9.17) is 0 Å². The highest BCUT2D eigenvalue weighted by Crippen LogP contribution is 2.50. The molecule has 0 heterocycles. The Hall–Kier alpha value is -4.98. The van der Waals surface area contributed by atoms with Crippen molar-refractivity contribution in [3.8, 4) is 44.5 Å². The average molecular weight is 677 g/mol. The monoisotopic (exact) mass is 676 g/mol. The summed E-state index contributed by atoms with van der Waals surface area (Å²) in [5, 5.41) is 0. The Balaban J connectivity index is 1.12. The molecule has 252 valence electrons. The molecule has 0 fully saturated rings. The van der Waals surface area contributed by atoms with E-state index in [0.717, 1.165) is 12.8 Å². The summed E-state index contributed by atoms with van der Waals surface area (Å²) in [6.07, 6.45) is 7.12. The van der Waals surface area contributed by atoms with Crippen molar-refractivity contribution < 1.29 is 0 Å². The van der Waals surface area contributed by atoms with Gasteiger partial charge in [0, 0.05) is 21.4 Å². The van der Waals surface area contributed by atoms with E-state index in [-0.39, 0.29) is 9.52 Å². The molecule has 6 aromatic carbocycles. The Labute approximate surface area is 307 Å². The zero-order valence-electron chi connectivity index (χ0n) is 30.5. The van der Waals surface area contributed by atoms with Crippen molar-refractivity contribution in [1.82, 2.24) is 0 Å². The third kappa shape index (κ3) is 6.08. The lowest BCUT2D eigenvalue weighted by Gasteiger charge is -2.22. The van der Waals surface area contributed by atoms with Crippen LogP contribution in [0.25, 0.3) is 56.7 Å². The minimum absolute atomic E-state index is 0.367. The molecular formula is C50H48Si. The topological polar surface area (TPSA) is 0 Å². The number of allylic oxidation sites excluding steroid dienone is 2. The molecule has 0 amide bonds. The van der Waals surface area contributed by atoms with Crippen LogP contribution in [0.5, 0.6) is 0 Å². The number of hydrogen-bond acceptors (Lipinski definition) is 0. The van der Waals surface area contributed by atoms with Gasteiger partial charge in [0.2, 0.25) is 0 Å². The summed E-state index contributed by atoms with van der Waals surface area (Å²) in [4.78, 5) is 0. The average Bonchev–Trinajstić information content (AvgIpc) is 3.68. The van der Waals surface area contributed by atoms with Gasteiger partial charge in [0.25, 0.3) is 0 Å². The third-order valence-electron chi connectivity index (χ3n) is 11.6. The van der Waals surface area contributed by atoms with E-state index < -0.39 is 0 Å². The van der Waals surface area contributed by atoms with E-state index in [1.165, 1.54) is 101 Å². The van der Waals surface area contributed by atoms with Gasteiger partial charge in [-0.3, -0.25) is 0 Å². The lowest BCUT2D eigenvalue weighted by molar-refractivity contribution is 0.876. The first-order valence-corrected chi connectivity index (χ1v) is 21.0. The van der Waals surface area contributed by atoms with Gasteiger partial charge in [-0.15, -0.1) is 0 Å². The quantitative estimate of drug-likeness (QED) is 0.127. The maximum Gasteiger partial charge on any atom is 0.0218 e. The second-order valence-electron chi connectivity index (χ2n) is 14.5. The summed E-state index contributed by atoms with van der Waals surface area (Å²) < 4.78 is 0. The Bertz CT molecular complexity index is 2110. The van der Waals surface area contributed by atoms with Crippen LogP contribution in [0.3, 0.4) is 0 Å². The zero-order chi connectivity index (χ0) is 34.9. The summed E-state index contributed by atoms with van der Waals surface area (Å²) in [7, 11) is -0.367. The van der Waals surface area contributed by atoms with E-state index in [0.29, 0.717) is 11.8 Å². The molecule has 0 spiro atoms. The molecule has 0 aromatic heterocycles. The van der Waals surface area contributed by atoms with Crippen LogP contribution in [0.15, 0.2) is 145 Å². The molecular weight excluding hydrogens is 629 g/mol. The molecule has 2 unspecified atom stereocenters. The summed E-state index contributed by atoms with van der Waals surface area (Å²) in [6, 6.07) is 52.4. The van der Waals surface area contributed by atoms with Crippen LogP contribution in [0.4, 0.5) is 0 Å². The van der Waals surface area contributed by atoms with E-state index in [9.17, 15) is 0 Å². The van der Waals surface area contributed by atoms with Crippen LogP contribution in [0.2, 0.25) is 12.1 Å². The number of rotatable bonds is 10. The van der Waals surface area contributed by atoms with Crippen LogP contribution < -0.4 is 0 Å². The summed E-state index contributed by atoms with van der Waals surface area (Å²) >= 11 is 0. The lowest BCUT2D eigenvalue weighted by atomic mass is 9.85. The first kappa shape index (κ1) is 33.2. The smallest absolute Gasteiger partial charge is 0.0218 e. The Kier molecular flexibility index (Phi) is 9.32. The van der Waals surface area contributed by atoms with E-state index >= 15 is 0 Å². The molecule has 0 saturated carbocycles. The van der Waals surface area contributed by atoms with Crippen LogP contribution in [0, 0.1) is 0 Å². The number of hydrogen-bond donors (Lipinski definition) is 0. The number of aryl methyl sites for hydroxylation is 2. The van der Waals surface area contributed by atoms with Crippen LogP contribution >= 0.6 is 0 Å². The molecule has 0 radical (unpaired) electrons. The fourth-order valence-corrected chi connectivity index (χ4v) is 11.7. The predicted molar refractivity (Wildman–Crippen MR) is 224 cm³/mol. The molecule has 6 aromatic rings. The zero-order valence-corrected chi connectivity index (χ0v) is 32.0. The molecule has 2 atom stereocenters. The Morgan fingerprint density at radius 2 is 0.824 bits per heavy atom. The van der Waals surface area contributed by atoms with Gasteiger partial charge >= 0.3 is 0 Å². The molecule has 8 rings (SSSR count). The van der Waals surface area contributed by atoms with Gasteiger partial charge in [0.15, 0.2) is 0 Å². The fraction of sp³-hybridized carbons (Fsp3) is 0.200. The van der Waals surface area contributed by atoms with Gasteiger partial charge in [0.1, 0.15) is 0 Å². The van der Waals surface area contributed by atoms with Crippen molar-refractivity contribution in [2.24, 2.45) is 0 Å². The first-order chi connectivity index (χ1) is 25.1. The van der Waals surface area contributed by atoms with Gasteiger partial charge < -0.3 is 0 Å². The summed E-state index contributed by atoms with van der Waals surface area (Å²) in [5.74, 6) is 1.03. The predicted octanol–water partition coefficient (Wildman–Crippen LogP) is 13.2. The van der Waals surface area contributed by atoms with Crippen molar-refractivity contribution in [3.05, 3.63) is 178 Å². The normalized spacial score (nSPS) is 16.3. The molecule has 2 aliphatic rings. The van der Waals surface area contributed by atoms with E-state index in [2.05, 4.69) is 173 Å². The number of benzene rings is 6. The molecule has 51 heavy (non-hydrogen) atoms. The first-order valence-electron chi connectivity index (χ1n) is 19.0. The maximum absolute atomic E-state index is 2.53. The molecule has 1 heteroatoms. The standard InChI is InChI=1S/C50H48Si/c1-5-35-17-13-15-23-39(35)49-41(37-19-9-7-10-20-37)25-27-43-45(49)29-33(3)47(43)31-51-32-48-34(4)30-46-44(48)28-26-42(38-21-11-8-12-22-38)50(46)40-24-16-14-18-36(40)6-2/h7-30,47-48H,5-6,31-32,51H2,1-4H3. The maximum atomic E-state index is 2.53. The third-order valence-corrected chi connectivity index (χ3v) is 13.6. The van der Waals surface area contributed by atoms with E-state index in [1.54, 1.807) is 0 Å². The summed E-state index contributed by atoms with van der Waals surface area (Å²) in [5.41, 5.74) is 22.7. The van der Waals surface area contributed by atoms with Crippen LogP contribution in [0.1, 0.15) is 72.9 Å². The fourth-order valence-electron chi connectivity index (χ4n) is 9.07. The molecule has 0 N–H and O–H groups in total. The van der Waals surface area contributed by atoms with Crippen LogP contribution in [-0.4, -0.2) is 9.52 Å². The SMILES string of the molecule is CCc1ccccc1-c1c(-c2ccccc2)ccc2c1C=C(C)C2C[SiH2]CC1C(C)=Cc2c1ccc(-c1ccccc1)c2-c1ccccc1CC. The minimum atomic E-state index is -0.367. The molecule has 0 saturated heterocycles. The van der Waals surface area contributed by atoms with E-state index in [1.807, 2.05) is 0 Å². The largest absolute Gasteiger partial charge is 0.0655 e. The van der Waals surface area contributed by atoms with Crippen molar-refractivity contribution in [1.29, 1.82) is 0 Å². The highest BCUT2D eigenvalue weighted by atomic mass is 28.2. The Morgan fingerprint density at radius 3 is 1.24 bits per heavy atom. The Morgan fingerprint density at radius 1 is 0.431 bits per heavy atom.